The first kappa shape index (κ1) is 37.6. The lowest BCUT2D eigenvalue weighted by molar-refractivity contribution is -0.249. The Bertz CT molecular complexity index is 2160. The smallest absolute Gasteiger partial charge is 0.189 e. The molecule has 56 heavy (non-hydrogen) atoms. The van der Waals surface area contributed by atoms with Gasteiger partial charge in [0, 0.05) is 66.9 Å². The Labute approximate surface area is 333 Å². The third kappa shape index (κ3) is 6.99. The summed E-state index contributed by atoms with van der Waals surface area (Å²) in [6.45, 7) is 13.6. The molecule has 13 heteroatoms. The molecule has 5 aliphatic rings. The van der Waals surface area contributed by atoms with Crippen LogP contribution in [0.25, 0.3) is 21.3 Å². The number of nitrogens with zero attached hydrogens (tertiary/aromatic N) is 8. The minimum atomic E-state index is -0.142. The van der Waals surface area contributed by atoms with E-state index in [1.54, 1.807) is 11.3 Å². The van der Waals surface area contributed by atoms with Crippen molar-refractivity contribution in [1.82, 2.24) is 34.8 Å². The summed E-state index contributed by atoms with van der Waals surface area (Å²) in [5, 5.41) is 37.7. The van der Waals surface area contributed by atoms with Gasteiger partial charge in [-0.05, 0) is 106 Å². The molecule has 3 N–H and O–H groups in total. The number of pyridine rings is 1. The van der Waals surface area contributed by atoms with E-state index in [0.29, 0.717) is 19.7 Å². The van der Waals surface area contributed by atoms with Crippen LogP contribution in [-0.4, -0.2) is 96.7 Å². The molecular weight excluding hydrogens is 723 g/mol. The number of para-hydroxylation sites is 1. The summed E-state index contributed by atoms with van der Waals surface area (Å²) in [6.07, 6.45) is 12.9. The van der Waals surface area contributed by atoms with E-state index in [1.807, 2.05) is 30.6 Å². The molecule has 5 heterocycles. The summed E-state index contributed by atoms with van der Waals surface area (Å²) >= 11 is 1.62. The summed E-state index contributed by atoms with van der Waals surface area (Å²) < 4.78 is 10.3. The molecule has 4 fully saturated rings. The molecule has 0 saturated heterocycles. The minimum Gasteiger partial charge on any atom is -0.395 e. The van der Waals surface area contributed by atoms with Gasteiger partial charge in [0.2, 0.25) is 0 Å². The SMILES string of the molecule is Cc1c(Nc2nc3ccccc3s2)nnc2c1CCCN2c1ccc(-c2cnn(CC34CC5(C)CC(C)(C3)CC(OCCN(CCO)CCO)(C5)C4)c2C)cn1. The summed E-state index contributed by atoms with van der Waals surface area (Å²) in [5.41, 5.74) is 7.09. The summed E-state index contributed by atoms with van der Waals surface area (Å²) in [6, 6.07) is 12.4. The fourth-order valence-corrected chi connectivity index (χ4v) is 12.9. The molecular formula is C43H55N9O3S. The minimum absolute atomic E-state index is 0.0874. The van der Waals surface area contributed by atoms with Crippen LogP contribution < -0.4 is 10.2 Å². The van der Waals surface area contributed by atoms with Crippen LogP contribution >= 0.6 is 11.3 Å². The van der Waals surface area contributed by atoms with Crippen molar-refractivity contribution in [1.29, 1.82) is 0 Å². The van der Waals surface area contributed by atoms with Crippen molar-refractivity contribution in [3.05, 3.63) is 65.6 Å². The fraction of sp³-hybridized carbons (Fsp3) is 0.558. The molecule has 4 bridgehead atoms. The van der Waals surface area contributed by atoms with Crippen molar-refractivity contribution in [2.24, 2.45) is 16.2 Å². The highest BCUT2D eigenvalue weighted by Gasteiger charge is 2.66. The Morgan fingerprint density at radius 3 is 2.43 bits per heavy atom. The first-order chi connectivity index (χ1) is 27.0. The van der Waals surface area contributed by atoms with Gasteiger partial charge in [0.25, 0.3) is 0 Å². The van der Waals surface area contributed by atoms with Crippen LogP contribution in [0.5, 0.6) is 0 Å². The highest BCUT2D eigenvalue weighted by Crippen LogP contribution is 2.72. The van der Waals surface area contributed by atoms with E-state index in [4.69, 9.17) is 24.9 Å². The number of rotatable bonds is 14. The quantitative estimate of drug-likeness (QED) is 0.106. The molecule has 2 unspecified atom stereocenters. The molecule has 4 aromatic heterocycles. The molecule has 2 atom stereocenters. The van der Waals surface area contributed by atoms with E-state index < -0.39 is 0 Å². The van der Waals surface area contributed by atoms with E-state index >= 15 is 0 Å². The average molecular weight is 778 g/mol. The number of benzene rings is 1. The zero-order valence-corrected chi connectivity index (χ0v) is 34.0. The Kier molecular flexibility index (Phi) is 9.67. The maximum absolute atomic E-state index is 9.51. The third-order valence-electron chi connectivity index (χ3n) is 13.1. The van der Waals surface area contributed by atoms with Gasteiger partial charge in [-0.1, -0.05) is 37.3 Å². The van der Waals surface area contributed by atoms with Crippen molar-refractivity contribution in [3.63, 3.8) is 0 Å². The van der Waals surface area contributed by atoms with Crippen molar-refractivity contribution in [3.8, 4) is 11.1 Å². The molecule has 296 valence electrons. The van der Waals surface area contributed by atoms with Crippen LogP contribution in [0.1, 0.15) is 75.6 Å². The van der Waals surface area contributed by atoms with Gasteiger partial charge in [-0.15, -0.1) is 10.2 Å². The molecule has 0 spiro atoms. The number of aromatic nitrogens is 6. The first-order valence-electron chi connectivity index (χ1n) is 20.3. The number of thiazole rings is 1. The van der Waals surface area contributed by atoms with Gasteiger partial charge in [0.15, 0.2) is 16.8 Å². The lowest BCUT2D eigenvalue weighted by Crippen LogP contribution is -2.64. The molecule has 5 aromatic rings. The molecule has 4 aliphatic carbocycles. The largest absolute Gasteiger partial charge is 0.395 e. The van der Waals surface area contributed by atoms with Gasteiger partial charge < -0.3 is 25.2 Å². The lowest BCUT2D eigenvalue weighted by Gasteiger charge is -2.69. The molecule has 10 rings (SSSR count). The van der Waals surface area contributed by atoms with Crippen LogP contribution in [0.15, 0.2) is 48.8 Å². The zero-order valence-electron chi connectivity index (χ0n) is 33.2. The van der Waals surface area contributed by atoms with Crippen LogP contribution in [0.3, 0.4) is 0 Å². The van der Waals surface area contributed by atoms with Gasteiger partial charge in [0.1, 0.15) is 5.82 Å². The second kappa shape index (κ2) is 14.4. The number of ether oxygens (including phenoxy) is 1. The van der Waals surface area contributed by atoms with Crippen LogP contribution in [0.4, 0.5) is 22.6 Å². The van der Waals surface area contributed by atoms with Crippen molar-refractivity contribution < 1.29 is 14.9 Å². The zero-order chi connectivity index (χ0) is 38.7. The highest BCUT2D eigenvalue weighted by molar-refractivity contribution is 7.22. The summed E-state index contributed by atoms with van der Waals surface area (Å²) in [4.78, 5) is 14.0. The topological polar surface area (TPSA) is 138 Å². The van der Waals surface area contributed by atoms with Gasteiger partial charge in [-0.2, -0.15) is 5.10 Å². The van der Waals surface area contributed by atoms with Crippen molar-refractivity contribution in [2.45, 2.75) is 91.2 Å². The molecule has 4 saturated carbocycles. The Balaban J connectivity index is 0.908. The lowest BCUT2D eigenvalue weighted by atomic mass is 9.39. The van der Waals surface area contributed by atoms with E-state index in [2.05, 4.69) is 70.8 Å². The Morgan fingerprint density at radius 2 is 1.70 bits per heavy atom. The average Bonchev–Trinajstić information content (AvgIpc) is 3.73. The number of aliphatic hydroxyl groups excluding tert-OH is 2. The Hall–Kier alpha value is -4.01. The second-order valence-electron chi connectivity index (χ2n) is 18.1. The molecule has 0 radical (unpaired) electrons. The number of anilines is 4. The third-order valence-corrected chi connectivity index (χ3v) is 14.1. The van der Waals surface area contributed by atoms with Crippen molar-refractivity contribution in [2.75, 3.05) is 56.2 Å². The molecule has 0 amide bonds. The maximum atomic E-state index is 9.51. The van der Waals surface area contributed by atoms with Gasteiger partial charge in [-0.25, -0.2) is 9.97 Å². The van der Waals surface area contributed by atoms with E-state index in [-0.39, 0.29) is 35.1 Å². The normalized spacial score (nSPS) is 26.7. The molecule has 12 nitrogen and oxygen atoms in total. The van der Waals surface area contributed by atoms with Crippen LogP contribution in [-0.2, 0) is 17.7 Å². The maximum Gasteiger partial charge on any atom is 0.189 e. The van der Waals surface area contributed by atoms with Crippen LogP contribution in [0.2, 0.25) is 0 Å². The standard InChI is InChI=1S/C43H55N9O3S/c1-29-32-8-7-13-51(38(32)49-48-37(29)47-39-46-34-9-5-6-10-35(34)56-39)36-12-11-31(20-44-36)33-21-45-52(30(33)2)28-42-23-40(3)22-41(4,24-42)26-43(25-40,27-42)55-19-16-50(14-17-53)15-18-54/h5-6,9-12,20-21,53-54H,7-8,13-19,22-28H2,1-4H3,(H,46,47,48). The fourth-order valence-electron chi connectivity index (χ4n) is 12.0. The summed E-state index contributed by atoms with van der Waals surface area (Å²) in [7, 11) is 0. The number of fused-ring (bicyclic) bond motifs is 2. The van der Waals surface area contributed by atoms with Gasteiger partial charge in [-0.3, -0.25) is 9.58 Å². The Morgan fingerprint density at radius 1 is 0.911 bits per heavy atom. The predicted octanol–water partition coefficient (Wildman–Crippen LogP) is 7.21. The highest BCUT2D eigenvalue weighted by atomic mass is 32.1. The van der Waals surface area contributed by atoms with Crippen molar-refractivity contribution >= 4 is 44.1 Å². The van der Waals surface area contributed by atoms with Gasteiger partial charge >= 0.3 is 0 Å². The number of hydrogen-bond acceptors (Lipinski definition) is 12. The summed E-state index contributed by atoms with van der Waals surface area (Å²) in [5.74, 6) is 2.50. The first-order valence-corrected chi connectivity index (χ1v) is 21.2. The molecule has 1 aliphatic heterocycles. The van der Waals surface area contributed by atoms with E-state index in [0.717, 1.165) is 101 Å². The van der Waals surface area contributed by atoms with Crippen LogP contribution in [0, 0.1) is 30.1 Å². The molecule has 1 aromatic carbocycles. The number of nitrogens with one attached hydrogen (secondary N) is 1. The second-order valence-corrected chi connectivity index (χ2v) is 19.1. The number of aliphatic hydroxyl groups is 2. The van der Waals surface area contributed by atoms with Gasteiger partial charge in [0.05, 0.1) is 41.8 Å². The van der Waals surface area contributed by atoms with E-state index in [9.17, 15) is 10.2 Å². The monoisotopic (exact) mass is 777 g/mol. The van der Waals surface area contributed by atoms with E-state index in [1.165, 1.54) is 30.5 Å². The number of hydrogen-bond donors (Lipinski definition) is 3. The predicted molar refractivity (Wildman–Crippen MR) is 221 cm³/mol.